The Morgan fingerprint density at radius 3 is 1.00 bits per heavy atom. The van der Waals surface area contributed by atoms with Gasteiger partial charge in [0.2, 0.25) is 11.9 Å². The van der Waals surface area contributed by atoms with E-state index < -0.39 is 0 Å². The standard InChI is InChI=1S/C51H31N5S.C50H30N6S/c1-4-15-32(16-5-1)34-27-28-38-41-23-14-24-42(48(41)57-45(38)31-34)50-52-49(33-17-6-2-7-18-33)53-51(54-50)56-44-26-13-11-22-37(44)40-30-29-39-36-21-10-12-25-43(36)55(46(39)47(40)56)35-19-8-3-9-20-35;1-4-15-31(16-5-1)41-30-29-39-38-23-14-24-40(46(38)57-49(39)51-41)48-52-47(32-17-6-2-7-18-32)53-50(54-48)56-43-26-13-11-22-35(43)37-28-27-36-34-21-10-12-25-42(34)55(44(36)45(37)56)33-19-8-3-9-20-33/h1-31H;1-30H. The van der Waals surface area contributed by atoms with E-state index in [1.165, 1.54) is 48.1 Å². The van der Waals surface area contributed by atoms with E-state index in [2.05, 4.69) is 346 Å². The Morgan fingerprint density at radius 2 is 0.544 bits per heavy atom. The zero-order valence-electron chi connectivity index (χ0n) is 61.0. The van der Waals surface area contributed by atoms with Gasteiger partial charge in [-0.3, -0.25) is 9.13 Å². The van der Waals surface area contributed by atoms with E-state index in [1.807, 2.05) is 42.5 Å². The fourth-order valence-corrected chi connectivity index (χ4v) is 19.6. The largest absolute Gasteiger partial charge is 0.307 e. The summed E-state index contributed by atoms with van der Waals surface area (Å²) in [5.41, 5.74) is 19.1. The maximum absolute atomic E-state index is 5.46. The highest BCUT2D eigenvalue weighted by Crippen LogP contribution is 2.47. The lowest BCUT2D eigenvalue weighted by molar-refractivity contribution is 0.954. The average Bonchev–Trinajstić information content (AvgIpc) is 1.55. The monoisotopic (exact) mass is 1490 g/mol. The van der Waals surface area contributed by atoms with Crippen LogP contribution in [0, 0.1) is 0 Å². The Labute approximate surface area is 660 Å². The van der Waals surface area contributed by atoms with Gasteiger partial charge in [0.15, 0.2) is 23.3 Å². The third-order valence-electron chi connectivity index (χ3n) is 22.2. The number of hydrogen-bond acceptors (Lipinski definition) is 9. The molecule has 9 heterocycles. The predicted molar refractivity (Wildman–Crippen MR) is 473 cm³/mol. The van der Waals surface area contributed by atoms with Gasteiger partial charge in [-0.15, -0.1) is 22.7 Å². The molecule has 114 heavy (non-hydrogen) atoms. The molecule has 0 aliphatic carbocycles. The molecule has 0 saturated heterocycles. The van der Waals surface area contributed by atoms with Gasteiger partial charge in [0.1, 0.15) is 4.83 Å². The highest BCUT2D eigenvalue weighted by Gasteiger charge is 2.28. The Bertz CT molecular complexity index is 7490. The van der Waals surface area contributed by atoms with Gasteiger partial charge in [0, 0.05) is 118 Å². The lowest BCUT2D eigenvalue weighted by Gasteiger charge is -2.13. The van der Waals surface area contributed by atoms with Gasteiger partial charge in [-0.1, -0.05) is 291 Å². The van der Waals surface area contributed by atoms with Crippen LogP contribution >= 0.6 is 22.7 Å². The van der Waals surface area contributed by atoms with Crippen molar-refractivity contribution in [3.05, 3.63) is 370 Å². The van der Waals surface area contributed by atoms with Gasteiger partial charge in [-0.05, 0) is 90.0 Å². The summed E-state index contributed by atoms with van der Waals surface area (Å²) in [6.45, 7) is 0. The summed E-state index contributed by atoms with van der Waals surface area (Å²) < 4.78 is 12.8. The molecular formula is C101H61N11S2. The van der Waals surface area contributed by atoms with Gasteiger partial charge in [0.05, 0.1) is 49.8 Å². The molecular weight excluding hydrogens is 1430 g/mol. The summed E-state index contributed by atoms with van der Waals surface area (Å²) in [5.74, 6) is 3.63. The summed E-state index contributed by atoms with van der Waals surface area (Å²) in [7, 11) is 0. The van der Waals surface area contributed by atoms with Crippen LogP contribution in [0.15, 0.2) is 370 Å². The van der Waals surface area contributed by atoms with Crippen LogP contribution in [0.3, 0.4) is 0 Å². The van der Waals surface area contributed by atoms with Gasteiger partial charge < -0.3 is 9.13 Å². The molecule has 13 heteroatoms. The molecule has 24 aromatic rings. The number of aromatic nitrogens is 11. The molecule has 11 nitrogen and oxygen atoms in total. The molecule has 0 aliphatic heterocycles. The van der Waals surface area contributed by atoms with Crippen LogP contribution in [0.5, 0.6) is 0 Å². The molecule has 532 valence electrons. The van der Waals surface area contributed by atoms with Crippen molar-refractivity contribution in [1.82, 2.24) is 53.2 Å². The van der Waals surface area contributed by atoms with Crippen LogP contribution in [0.25, 0.3) is 219 Å². The van der Waals surface area contributed by atoms with Crippen LogP contribution in [-0.4, -0.2) is 53.2 Å². The van der Waals surface area contributed by atoms with Crippen LogP contribution in [0.1, 0.15) is 0 Å². The van der Waals surface area contributed by atoms with Crippen LogP contribution in [0.4, 0.5) is 0 Å². The first kappa shape index (κ1) is 65.0. The maximum atomic E-state index is 5.46. The lowest BCUT2D eigenvalue weighted by Crippen LogP contribution is -2.07. The van der Waals surface area contributed by atoms with Gasteiger partial charge in [-0.25, -0.2) is 15.0 Å². The third-order valence-corrected chi connectivity index (χ3v) is 24.5. The molecule has 15 aromatic carbocycles. The van der Waals surface area contributed by atoms with Crippen molar-refractivity contribution in [1.29, 1.82) is 0 Å². The highest BCUT2D eigenvalue weighted by molar-refractivity contribution is 7.26. The lowest BCUT2D eigenvalue weighted by atomic mass is 10.0. The number of pyridine rings is 1. The smallest absolute Gasteiger partial charge is 0.238 e. The number of nitrogens with zero attached hydrogens (tertiary/aromatic N) is 11. The normalized spacial score (nSPS) is 11.9. The van der Waals surface area contributed by atoms with E-state index in [-0.39, 0.29) is 0 Å². The van der Waals surface area contributed by atoms with Crippen molar-refractivity contribution >= 4 is 150 Å². The van der Waals surface area contributed by atoms with E-state index in [0.29, 0.717) is 35.2 Å². The van der Waals surface area contributed by atoms with E-state index >= 15 is 0 Å². The second-order valence-electron chi connectivity index (χ2n) is 28.7. The van der Waals surface area contributed by atoms with E-state index in [0.717, 1.165) is 136 Å². The number of fused-ring (bicyclic) bond motifs is 20. The van der Waals surface area contributed by atoms with Crippen molar-refractivity contribution in [2.45, 2.75) is 0 Å². The van der Waals surface area contributed by atoms with E-state index in [1.54, 1.807) is 22.7 Å². The molecule has 0 N–H and O–H groups in total. The summed E-state index contributed by atoms with van der Waals surface area (Å²) >= 11 is 3.48. The molecule has 0 atom stereocenters. The summed E-state index contributed by atoms with van der Waals surface area (Å²) in [6.07, 6.45) is 0. The minimum absolute atomic E-state index is 0.560. The van der Waals surface area contributed by atoms with E-state index in [9.17, 15) is 0 Å². The Kier molecular flexibility index (Phi) is 15.1. The number of benzene rings is 15. The van der Waals surface area contributed by atoms with Crippen molar-refractivity contribution in [2.75, 3.05) is 0 Å². The van der Waals surface area contributed by atoms with E-state index in [4.69, 9.17) is 34.9 Å². The average molecular weight is 1490 g/mol. The fraction of sp³-hybridized carbons (Fsp3) is 0. The Morgan fingerprint density at radius 1 is 0.202 bits per heavy atom. The zero-order valence-corrected chi connectivity index (χ0v) is 62.6. The molecule has 0 radical (unpaired) electrons. The number of rotatable bonds is 10. The van der Waals surface area contributed by atoms with Crippen molar-refractivity contribution in [3.8, 4) is 91.2 Å². The second-order valence-corrected chi connectivity index (χ2v) is 30.7. The Hall–Kier alpha value is -14.9. The van der Waals surface area contributed by atoms with Crippen molar-refractivity contribution in [3.63, 3.8) is 0 Å². The quantitative estimate of drug-likeness (QED) is 0.134. The first-order chi connectivity index (χ1) is 56.6. The summed E-state index contributed by atoms with van der Waals surface area (Å²) in [5, 5.41) is 14.0. The predicted octanol–water partition coefficient (Wildman–Crippen LogP) is 26.3. The first-order valence-corrected chi connectivity index (χ1v) is 39.7. The molecule has 0 saturated carbocycles. The third kappa shape index (κ3) is 10.4. The number of hydrogen-bond donors (Lipinski definition) is 0. The fourth-order valence-electron chi connectivity index (χ4n) is 17.1. The first-order valence-electron chi connectivity index (χ1n) is 38.1. The molecule has 0 fully saturated rings. The van der Waals surface area contributed by atoms with Crippen molar-refractivity contribution < 1.29 is 0 Å². The maximum Gasteiger partial charge on any atom is 0.238 e. The topological polar surface area (TPSA) is 110 Å². The van der Waals surface area contributed by atoms with Crippen LogP contribution < -0.4 is 0 Å². The second kappa shape index (κ2) is 26.4. The summed E-state index contributed by atoms with van der Waals surface area (Å²) in [6, 6.07) is 130. The highest BCUT2D eigenvalue weighted by atomic mass is 32.1. The number of para-hydroxylation sites is 6. The molecule has 0 spiro atoms. The molecule has 9 aromatic heterocycles. The number of thiophene rings is 2. The van der Waals surface area contributed by atoms with Gasteiger partial charge >= 0.3 is 0 Å². The molecule has 24 rings (SSSR count). The molecule has 0 amide bonds. The molecule has 0 unspecified atom stereocenters. The van der Waals surface area contributed by atoms with Gasteiger partial charge in [0.25, 0.3) is 0 Å². The van der Waals surface area contributed by atoms with Crippen LogP contribution in [-0.2, 0) is 0 Å². The van der Waals surface area contributed by atoms with Crippen LogP contribution in [0.2, 0.25) is 0 Å². The zero-order chi connectivity index (χ0) is 74.9. The Balaban J connectivity index is 0.000000135. The van der Waals surface area contributed by atoms with Crippen molar-refractivity contribution in [2.24, 2.45) is 0 Å². The van der Waals surface area contributed by atoms with Gasteiger partial charge in [-0.2, -0.15) is 19.9 Å². The molecule has 0 bridgehead atoms. The minimum Gasteiger partial charge on any atom is -0.307 e. The SMILES string of the molecule is c1ccc(-c2ccc3c(c2)sc2c(-c4nc(-c5ccccc5)nc(-n5c6ccccc6c6ccc7c8ccccc8n(-c8ccccc8)c7c65)n4)cccc23)cc1.c1ccc(-c2ccc3c(n2)sc2c(-c4nc(-c5ccccc5)nc(-n5c6ccccc6c6ccc7c8ccccc8n(-c8ccccc8)c7c65)n4)cccc23)cc1. The minimum atomic E-state index is 0.560. The summed E-state index contributed by atoms with van der Waals surface area (Å²) in [4.78, 5) is 38.2. The molecule has 0 aliphatic rings.